The Kier molecular flexibility index (Phi) is 8.43. The second-order valence-electron chi connectivity index (χ2n) is 3.06. The summed E-state index contributed by atoms with van der Waals surface area (Å²) in [4.78, 5) is 3.95. The number of rotatable bonds is 2. The van der Waals surface area contributed by atoms with Gasteiger partial charge in [-0.2, -0.15) is 0 Å². The number of pyridine rings is 1. The third kappa shape index (κ3) is 5.06. The maximum absolute atomic E-state index is 9.44. The molecular formula is C11H9N3Na2O2+2. The Balaban J connectivity index is 0.00000144. The first-order valence-electron chi connectivity index (χ1n) is 4.60. The second-order valence-corrected chi connectivity index (χ2v) is 3.06. The molecule has 1 heterocycles. The number of benzene rings is 1. The number of azo groups is 1. The molecule has 0 aliphatic rings. The van der Waals surface area contributed by atoms with Crippen molar-refractivity contribution in [1.82, 2.24) is 4.98 Å². The molecule has 0 atom stereocenters. The average Bonchev–Trinajstić information content (AvgIpc) is 2.29. The Morgan fingerprint density at radius 1 is 0.944 bits per heavy atom. The van der Waals surface area contributed by atoms with Crippen LogP contribution in [0.4, 0.5) is 11.5 Å². The Bertz CT molecular complexity index is 521. The maximum atomic E-state index is 9.44. The van der Waals surface area contributed by atoms with E-state index in [-0.39, 0.29) is 76.3 Å². The summed E-state index contributed by atoms with van der Waals surface area (Å²) in [6.45, 7) is 0. The predicted molar refractivity (Wildman–Crippen MR) is 58.2 cm³/mol. The number of phenolic OH excluding ortho intramolecular Hbond substituents is 2. The van der Waals surface area contributed by atoms with Crippen molar-refractivity contribution in [2.75, 3.05) is 0 Å². The fraction of sp³-hybridized carbons (Fsp3) is 0. The molecule has 0 bridgehead atoms. The summed E-state index contributed by atoms with van der Waals surface area (Å²) in [5.41, 5.74) is 0.281. The van der Waals surface area contributed by atoms with E-state index in [0.717, 1.165) is 0 Å². The van der Waals surface area contributed by atoms with E-state index in [0.29, 0.717) is 5.82 Å². The molecule has 5 nitrogen and oxygen atoms in total. The van der Waals surface area contributed by atoms with Gasteiger partial charge in [-0.05, 0) is 24.3 Å². The van der Waals surface area contributed by atoms with Crippen molar-refractivity contribution in [2.45, 2.75) is 0 Å². The van der Waals surface area contributed by atoms with E-state index >= 15 is 0 Å². The van der Waals surface area contributed by atoms with Gasteiger partial charge in [-0.3, -0.25) is 0 Å². The molecule has 2 aromatic rings. The molecule has 0 radical (unpaired) electrons. The van der Waals surface area contributed by atoms with Crippen LogP contribution in [0.15, 0.2) is 52.8 Å². The van der Waals surface area contributed by atoms with Crippen LogP contribution >= 0.6 is 0 Å². The summed E-state index contributed by atoms with van der Waals surface area (Å²) in [5, 5.41) is 26.2. The molecule has 0 aliphatic carbocycles. The monoisotopic (exact) mass is 261 g/mol. The molecule has 0 saturated carbocycles. The van der Waals surface area contributed by atoms with Gasteiger partial charge in [0.1, 0.15) is 17.2 Å². The summed E-state index contributed by atoms with van der Waals surface area (Å²) in [6, 6.07) is 9.35. The molecule has 1 aromatic carbocycles. The quantitative estimate of drug-likeness (QED) is 0.444. The van der Waals surface area contributed by atoms with Gasteiger partial charge in [-0.1, -0.05) is 6.07 Å². The summed E-state index contributed by atoms with van der Waals surface area (Å²) in [5.74, 6) is 0.309. The third-order valence-corrected chi connectivity index (χ3v) is 1.87. The first-order chi connectivity index (χ1) is 7.75. The molecule has 0 amide bonds. The van der Waals surface area contributed by atoms with E-state index in [2.05, 4.69) is 15.2 Å². The van der Waals surface area contributed by atoms with Gasteiger partial charge in [0.05, 0.1) is 0 Å². The zero-order valence-corrected chi connectivity index (χ0v) is 14.3. The minimum absolute atomic E-state index is 0. The van der Waals surface area contributed by atoms with E-state index < -0.39 is 0 Å². The van der Waals surface area contributed by atoms with Gasteiger partial charge >= 0.3 is 59.1 Å². The van der Waals surface area contributed by atoms with Gasteiger partial charge in [0, 0.05) is 12.3 Å². The van der Waals surface area contributed by atoms with Crippen molar-refractivity contribution < 1.29 is 69.3 Å². The van der Waals surface area contributed by atoms with E-state index in [4.69, 9.17) is 5.11 Å². The van der Waals surface area contributed by atoms with Crippen LogP contribution in [0.3, 0.4) is 0 Å². The predicted octanol–water partition coefficient (Wildman–Crippen LogP) is -3.08. The van der Waals surface area contributed by atoms with Crippen LogP contribution in [0.2, 0.25) is 0 Å². The van der Waals surface area contributed by atoms with Crippen molar-refractivity contribution in [3.05, 3.63) is 42.6 Å². The number of aromatic nitrogens is 1. The first-order valence-corrected chi connectivity index (χ1v) is 4.60. The van der Waals surface area contributed by atoms with Crippen LogP contribution in [0.5, 0.6) is 11.5 Å². The molecule has 18 heavy (non-hydrogen) atoms. The topological polar surface area (TPSA) is 78.1 Å². The van der Waals surface area contributed by atoms with Gasteiger partial charge in [0.25, 0.3) is 0 Å². The van der Waals surface area contributed by atoms with Crippen LogP contribution in [-0.4, -0.2) is 15.2 Å². The number of nitrogens with zero attached hydrogens (tertiary/aromatic N) is 3. The molecule has 0 spiro atoms. The van der Waals surface area contributed by atoms with Crippen molar-refractivity contribution in [3.63, 3.8) is 0 Å². The van der Waals surface area contributed by atoms with Gasteiger partial charge in [0.2, 0.25) is 0 Å². The number of phenols is 2. The van der Waals surface area contributed by atoms with E-state index in [1.807, 2.05) is 0 Å². The van der Waals surface area contributed by atoms with Gasteiger partial charge in [-0.25, -0.2) is 4.98 Å². The van der Waals surface area contributed by atoms with Crippen LogP contribution in [0.25, 0.3) is 0 Å². The van der Waals surface area contributed by atoms with Crippen LogP contribution in [0, 0.1) is 0 Å². The van der Waals surface area contributed by atoms with E-state index in [1.165, 1.54) is 18.2 Å². The Labute approximate surface area is 149 Å². The standard InChI is InChI=1S/C11H9N3O2.2Na/c15-8-4-5-9(10(16)7-8)13-14-11-3-1-2-6-12-11;;/h1-7,15-16H;;/q;2*+1. The Morgan fingerprint density at radius 2 is 1.72 bits per heavy atom. The maximum Gasteiger partial charge on any atom is 1.00 e. The molecule has 7 heteroatoms. The molecule has 0 saturated heterocycles. The molecule has 2 N–H and O–H groups in total. The van der Waals surface area contributed by atoms with E-state index in [1.54, 1.807) is 24.4 Å². The smallest absolute Gasteiger partial charge is 0.508 e. The molecule has 0 aliphatic heterocycles. The zero-order valence-electron chi connectivity index (χ0n) is 10.3. The van der Waals surface area contributed by atoms with Crippen LogP contribution in [-0.2, 0) is 0 Å². The van der Waals surface area contributed by atoms with Crippen molar-refractivity contribution >= 4 is 11.5 Å². The molecule has 0 fully saturated rings. The Hall–Kier alpha value is -0.430. The molecule has 80 valence electrons. The fourth-order valence-electron chi connectivity index (χ4n) is 1.11. The van der Waals surface area contributed by atoms with Crippen molar-refractivity contribution in [3.8, 4) is 11.5 Å². The Morgan fingerprint density at radius 3 is 2.33 bits per heavy atom. The normalized spacial score (nSPS) is 9.56. The third-order valence-electron chi connectivity index (χ3n) is 1.87. The summed E-state index contributed by atoms with van der Waals surface area (Å²) in [7, 11) is 0. The van der Waals surface area contributed by atoms with Gasteiger partial charge < -0.3 is 10.2 Å². The summed E-state index contributed by atoms with van der Waals surface area (Å²) >= 11 is 0. The minimum Gasteiger partial charge on any atom is -0.508 e. The number of hydrogen-bond donors (Lipinski definition) is 2. The SMILES string of the molecule is Oc1ccc(N=Nc2ccccn2)c(O)c1.[Na+].[Na+]. The largest absolute Gasteiger partial charge is 1.00 e. The first kappa shape index (κ1) is 17.6. The molecule has 0 unspecified atom stereocenters. The van der Waals surface area contributed by atoms with Crippen LogP contribution < -0.4 is 59.1 Å². The fourth-order valence-corrected chi connectivity index (χ4v) is 1.11. The number of aromatic hydroxyl groups is 2. The summed E-state index contributed by atoms with van der Waals surface area (Å²) in [6.07, 6.45) is 1.60. The molecular weight excluding hydrogens is 252 g/mol. The zero-order chi connectivity index (χ0) is 11.4. The van der Waals surface area contributed by atoms with Crippen molar-refractivity contribution in [1.29, 1.82) is 0 Å². The van der Waals surface area contributed by atoms with E-state index in [9.17, 15) is 5.11 Å². The van der Waals surface area contributed by atoms with Crippen molar-refractivity contribution in [2.24, 2.45) is 10.2 Å². The molecule has 2 rings (SSSR count). The van der Waals surface area contributed by atoms with Crippen LogP contribution in [0.1, 0.15) is 0 Å². The molecule has 1 aromatic heterocycles. The van der Waals surface area contributed by atoms with Gasteiger partial charge in [0.15, 0.2) is 5.82 Å². The summed E-state index contributed by atoms with van der Waals surface area (Å²) < 4.78 is 0. The number of hydrogen-bond acceptors (Lipinski definition) is 5. The average molecular weight is 261 g/mol. The second kappa shape index (κ2) is 8.63. The van der Waals surface area contributed by atoms with Gasteiger partial charge in [-0.15, -0.1) is 10.2 Å². The minimum atomic E-state index is -0.125.